The molecule has 1 saturated heterocycles. The van der Waals surface area contributed by atoms with Crippen molar-refractivity contribution in [2.24, 2.45) is 5.41 Å². The number of amides is 1. The SMILES string of the molecule is COC(=O)[C@@H]1CC(CCC#C[Si](C)(C)C)(CCC#C[Si](C)(C)C)C(OC(C)=O)N1C(=O)OC(C)(C)C. The van der Waals surface area contributed by atoms with Crippen molar-refractivity contribution in [3.63, 3.8) is 0 Å². The zero-order chi connectivity index (χ0) is 27.9. The number of rotatable bonds is 6. The molecule has 1 aliphatic heterocycles. The number of carbonyl (C=O) groups excluding carboxylic acids is 3. The van der Waals surface area contributed by atoms with E-state index < -0.39 is 57.5 Å². The third kappa shape index (κ3) is 10.4. The van der Waals surface area contributed by atoms with Crippen LogP contribution in [0.5, 0.6) is 0 Å². The van der Waals surface area contributed by atoms with Crippen LogP contribution in [-0.2, 0) is 23.8 Å². The van der Waals surface area contributed by atoms with Crippen LogP contribution in [0.2, 0.25) is 39.3 Å². The van der Waals surface area contributed by atoms with Crippen LogP contribution < -0.4 is 0 Å². The van der Waals surface area contributed by atoms with Gasteiger partial charge in [-0.25, -0.2) is 9.59 Å². The molecule has 1 rings (SSSR count). The van der Waals surface area contributed by atoms with Gasteiger partial charge in [-0.2, -0.15) is 0 Å². The molecule has 0 saturated carbocycles. The van der Waals surface area contributed by atoms with Crippen molar-refractivity contribution >= 4 is 34.2 Å². The monoisotopic (exact) mass is 535 g/mol. The lowest BCUT2D eigenvalue weighted by atomic mass is 9.75. The van der Waals surface area contributed by atoms with Crippen LogP contribution in [0.4, 0.5) is 4.79 Å². The second-order valence-electron chi connectivity index (χ2n) is 12.6. The molecule has 0 aliphatic carbocycles. The molecule has 0 aromatic carbocycles. The molecule has 1 fully saturated rings. The van der Waals surface area contributed by atoms with Crippen molar-refractivity contribution in [3.8, 4) is 22.9 Å². The molecule has 0 radical (unpaired) electrons. The molecule has 9 heteroatoms. The van der Waals surface area contributed by atoms with Crippen LogP contribution in [-0.4, -0.2) is 64.1 Å². The number of nitrogens with zero attached hydrogens (tertiary/aromatic N) is 1. The van der Waals surface area contributed by atoms with Crippen LogP contribution in [0.1, 0.15) is 59.8 Å². The molecule has 0 bridgehead atoms. The van der Waals surface area contributed by atoms with Crippen molar-refractivity contribution in [3.05, 3.63) is 0 Å². The smallest absolute Gasteiger partial charge is 0.413 e. The lowest BCUT2D eigenvalue weighted by molar-refractivity contribution is -0.167. The summed E-state index contributed by atoms with van der Waals surface area (Å²) >= 11 is 0. The minimum absolute atomic E-state index is 0.278. The second kappa shape index (κ2) is 12.3. The average molecular weight is 536 g/mol. The molecule has 1 heterocycles. The number of likely N-dealkylation sites (tertiary alicyclic amines) is 1. The van der Waals surface area contributed by atoms with E-state index in [9.17, 15) is 14.4 Å². The van der Waals surface area contributed by atoms with Crippen LogP contribution >= 0.6 is 0 Å². The van der Waals surface area contributed by atoms with Gasteiger partial charge in [0.05, 0.1) is 7.11 Å². The lowest BCUT2D eigenvalue weighted by Crippen LogP contribution is -2.51. The third-order valence-corrected chi connectivity index (χ3v) is 7.34. The Hall–Kier alpha value is -2.24. The van der Waals surface area contributed by atoms with Gasteiger partial charge >= 0.3 is 18.0 Å². The highest BCUT2D eigenvalue weighted by Gasteiger charge is 2.58. The summed E-state index contributed by atoms with van der Waals surface area (Å²) in [5.41, 5.74) is 5.24. The Balaban J connectivity index is 3.57. The predicted octanol–water partition coefficient (Wildman–Crippen LogP) is 5.37. The van der Waals surface area contributed by atoms with Gasteiger partial charge in [0.2, 0.25) is 0 Å². The first kappa shape index (κ1) is 31.8. The third-order valence-electron chi connectivity index (χ3n) is 5.49. The quantitative estimate of drug-likeness (QED) is 0.197. The van der Waals surface area contributed by atoms with E-state index in [1.54, 1.807) is 20.8 Å². The van der Waals surface area contributed by atoms with Crippen molar-refractivity contribution in [2.45, 2.75) is 117 Å². The summed E-state index contributed by atoms with van der Waals surface area (Å²) in [4.78, 5) is 39.7. The Morgan fingerprint density at radius 2 is 1.42 bits per heavy atom. The second-order valence-corrected chi connectivity index (χ2v) is 22.1. The zero-order valence-electron chi connectivity index (χ0n) is 24.1. The number of esters is 2. The van der Waals surface area contributed by atoms with Crippen molar-refractivity contribution in [1.29, 1.82) is 0 Å². The average Bonchev–Trinajstić information content (AvgIpc) is 2.99. The topological polar surface area (TPSA) is 82.1 Å². The highest BCUT2D eigenvalue weighted by atomic mass is 28.3. The molecule has 7 nitrogen and oxygen atoms in total. The van der Waals surface area contributed by atoms with Crippen LogP contribution in [0.25, 0.3) is 0 Å². The largest absolute Gasteiger partial charge is 0.467 e. The number of carbonyl (C=O) groups is 3. The summed E-state index contributed by atoms with van der Waals surface area (Å²) < 4.78 is 16.5. The summed E-state index contributed by atoms with van der Waals surface area (Å²) in [5, 5.41) is 0. The molecule has 0 aromatic rings. The van der Waals surface area contributed by atoms with E-state index in [0.29, 0.717) is 25.7 Å². The van der Waals surface area contributed by atoms with Gasteiger partial charge in [-0.3, -0.25) is 9.69 Å². The van der Waals surface area contributed by atoms with Crippen LogP contribution in [0, 0.1) is 28.3 Å². The lowest BCUT2D eigenvalue weighted by Gasteiger charge is -2.37. The van der Waals surface area contributed by atoms with Crippen LogP contribution in [0.3, 0.4) is 0 Å². The van der Waals surface area contributed by atoms with E-state index in [2.05, 4.69) is 62.2 Å². The van der Waals surface area contributed by atoms with Crippen molar-refractivity contribution in [1.82, 2.24) is 4.90 Å². The fourth-order valence-corrected chi connectivity index (χ4v) is 5.42. The maximum absolute atomic E-state index is 13.4. The summed E-state index contributed by atoms with van der Waals surface area (Å²) in [6.07, 6.45) is 0.774. The summed E-state index contributed by atoms with van der Waals surface area (Å²) in [5.74, 6) is 5.49. The standard InChI is InChI=1S/C27H45NO6Si2/c1-21(29)33-24-27(16-12-14-18-35(6,7)8,17-13-15-19-36(9,10)11)20-22(23(30)32-5)28(24)25(31)34-26(2,3)4/h22,24H,12-13,16-17,20H2,1-11H3/t22-,24?/m0/s1. The Bertz CT molecular complexity index is 898. The van der Waals surface area contributed by atoms with E-state index in [-0.39, 0.29) is 6.42 Å². The normalized spacial score (nSPS) is 19.4. The van der Waals surface area contributed by atoms with Gasteiger partial charge in [0.1, 0.15) is 27.8 Å². The fourth-order valence-electron chi connectivity index (χ4n) is 4.11. The van der Waals surface area contributed by atoms with E-state index in [0.717, 1.165) is 0 Å². The van der Waals surface area contributed by atoms with E-state index >= 15 is 0 Å². The van der Waals surface area contributed by atoms with Gasteiger partial charge in [-0.15, -0.1) is 22.9 Å². The van der Waals surface area contributed by atoms with Gasteiger partial charge in [-0.1, -0.05) is 39.3 Å². The number of hydrogen-bond donors (Lipinski definition) is 0. The molecule has 1 aliphatic rings. The van der Waals surface area contributed by atoms with Crippen LogP contribution in [0.15, 0.2) is 0 Å². The van der Waals surface area contributed by atoms with Gasteiger partial charge in [0.15, 0.2) is 6.23 Å². The molecule has 36 heavy (non-hydrogen) atoms. The number of hydrogen-bond acceptors (Lipinski definition) is 6. The molecule has 202 valence electrons. The first-order valence-corrected chi connectivity index (χ1v) is 19.6. The molecule has 0 aromatic heterocycles. The van der Waals surface area contributed by atoms with Gasteiger partial charge in [-0.05, 0) is 40.0 Å². The molecule has 0 spiro atoms. The molecular weight excluding hydrogens is 490 g/mol. The highest BCUT2D eigenvalue weighted by Crippen LogP contribution is 2.49. The molecular formula is C27H45NO6Si2. The summed E-state index contributed by atoms with van der Waals surface area (Å²) in [7, 11) is -1.86. The van der Waals surface area contributed by atoms with Gasteiger partial charge in [0, 0.05) is 25.2 Å². The van der Waals surface area contributed by atoms with Crippen molar-refractivity contribution in [2.75, 3.05) is 7.11 Å². The molecule has 1 unspecified atom stereocenters. The minimum atomic E-state index is -1.57. The Labute approximate surface area is 220 Å². The minimum Gasteiger partial charge on any atom is -0.467 e. The predicted molar refractivity (Wildman–Crippen MR) is 147 cm³/mol. The summed E-state index contributed by atoms with van der Waals surface area (Å²) in [6.45, 7) is 19.6. The number of ether oxygens (including phenoxy) is 3. The Morgan fingerprint density at radius 3 is 1.78 bits per heavy atom. The fraction of sp³-hybridized carbons (Fsp3) is 0.741. The Morgan fingerprint density at radius 1 is 0.944 bits per heavy atom. The zero-order valence-corrected chi connectivity index (χ0v) is 26.1. The maximum atomic E-state index is 13.4. The number of methoxy groups -OCH3 is 1. The first-order valence-electron chi connectivity index (χ1n) is 12.6. The van der Waals surface area contributed by atoms with E-state index in [1.165, 1.54) is 18.9 Å². The molecule has 2 atom stereocenters. The van der Waals surface area contributed by atoms with Gasteiger partial charge < -0.3 is 14.2 Å². The maximum Gasteiger partial charge on any atom is 0.413 e. The molecule has 1 amide bonds. The van der Waals surface area contributed by atoms with E-state index in [4.69, 9.17) is 14.2 Å². The highest BCUT2D eigenvalue weighted by molar-refractivity contribution is 6.84. The van der Waals surface area contributed by atoms with Crippen molar-refractivity contribution < 1.29 is 28.6 Å². The van der Waals surface area contributed by atoms with E-state index in [1.807, 2.05) is 0 Å². The Kier molecular flexibility index (Phi) is 10.9. The first-order chi connectivity index (χ1) is 16.3. The summed E-state index contributed by atoms with van der Waals surface area (Å²) in [6, 6.07) is -0.941. The molecule has 0 N–H and O–H groups in total. The van der Waals surface area contributed by atoms with Gasteiger partial charge in [0.25, 0.3) is 0 Å².